The van der Waals surface area contributed by atoms with E-state index in [9.17, 15) is 9.59 Å². The number of methoxy groups -OCH3 is 1. The number of nitrogen functional groups attached to an aromatic ring is 1. The molecule has 0 spiro atoms. The fourth-order valence-electron chi connectivity index (χ4n) is 5.41. The van der Waals surface area contributed by atoms with Crippen LogP contribution in [0.25, 0.3) is 11.2 Å². The van der Waals surface area contributed by atoms with Gasteiger partial charge in [-0.1, -0.05) is 37.6 Å². The number of H-pyrrole nitrogens is 1. The molecule has 1 saturated heterocycles. The molecular weight excluding hydrogens is 524 g/mol. The Balaban J connectivity index is 1.48. The maximum Gasteiger partial charge on any atom is 0.327 e. The van der Waals surface area contributed by atoms with Crippen LogP contribution in [-0.2, 0) is 29.0 Å². The quantitative estimate of drug-likeness (QED) is 0.184. The summed E-state index contributed by atoms with van der Waals surface area (Å²) in [5.74, 6) is -0.0393. The zero-order valence-electron chi connectivity index (χ0n) is 24.5. The van der Waals surface area contributed by atoms with Crippen molar-refractivity contribution in [3.05, 3.63) is 45.9 Å². The second-order valence-electron chi connectivity index (χ2n) is 10.6. The number of nitrogens with zero attached hydrogens (tertiary/aromatic N) is 5. The Kier molecular flexibility index (Phi) is 11.1. The maximum absolute atomic E-state index is 12.9. The van der Waals surface area contributed by atoms with Crippen LogP contribution in [0.1, 0.15) is 50.2 Å². The van der Waals surface area contributed by atoms with Crippen LogP contribution < -0.4 is 21.5 Å². The number of nitrogens with one attached hydrogen (secondary N) is 2. The first-order chi connectivity index (χ1) is 19.9. The largest absolute Gasteiger partial charge is 0.469 e. The molecule has 0 unspecified atom stereocenters. The minimum atomic E-state index is -0.255. The van der Waals surface area contributed by atoms with E-state index in [1.54, 1.807) is 4.57 Å². The zero-order chi connectivity index (χ0) is 29.2. The Morgan fingerprint density at radius 1 is 1.22 bits per heavy atom. The van der Waals surface area contributed by atoms with Crippen molar-refractivity contribution in [2.45, 2.75) is 64.6 Å². The number of imidazole rings is 1. The van der Waals surface area contributed by atoms with Gasteiger partial charge in [0.15, 0.2) is 11.5 Å². The molecule has 41 heavy (non-hydrogen) atoms. The number of hydrogen-bond acceptors (Lipinski definition) is 10. The van der Waals surface area contributed by atoms with Crippen LogP contribution in [0.2, 0.25) is 0 Å². The molecule has 0 aliphatic carbocycles. The van der Waals surface area contributed by atoms with Crippen molar-refractivity contribution in [3.8, 4) is 6.01 Å². The summed E-state index contributed by atoms with van der Waals surface area (Å²) in [4.78, 5) is 41.2. The first kappa shape index (κ1) is 30.5. The van der Waals surface area contributed by atoms with Gasteiger partial charge < -0.3 is 25.5 Å². The highest BCUT2D eigenvalue weighted by Crippen LogP contribution is 2.22. The number of ether oxygens (including phenoxy) is 2. The molecule has 2 aromatic heterocycles. The summed E-state index contributed by atoms with van der Waals surface area (Å²) in [6, 6.07) is 8.76. The van der Waals surface area contributed by atoms with Crippen molar-refractivity contribution < 1.29 is 14.3 Å². The third kappa shape index (κ3) is 8.27. The first-order valence-electron chi connectivity index (χ1n) is 14.6. The minimum Gasteiger partial charge on any atom is -0.469 e. The number of aromatic nitrogens is 4. The number of carbonyl (C=O) groups excluding carboxylic acids is 1. The van der Waals surface area contributed by atoms with Crippen LogP contribution in [-0.4, -0.2) is 88.4 Å². The van der Waals surface area contributed by atoms with Gasteiger partial charge in [0.25, 0.3) is 0 Å². The Bertz CT molecular complexity index is 1330. The second kappa shape index (κ2) is 14.9. The van der Waals surface area contributed by atoms with Crippen molar-refractivity contribution in [1.82, 2.24) is 34.6 Å². The van der Waals surface area contributed by atoms with E-state index in [4.69, 9.17) is 15.2 Å². The fourth-order valence-corrected chi connectivity index (χ4v) is 5.41. The van der Waals surface area contributed by atoms with Crippen molar-refractivity contribution in [1.29, 1.82) is 0 Å². The smallest absolute Gasteiger partial charge is 0.327 e. The van der Waals surface area contributed by atoms with Gasteiger partial charge in [0.1, 0.15) is 5.52 Å². The van der Waals surface area contributed by atoms with Gasteiger partial charge in [-0.15, -0.1) is 0 Å². The van der Waals surface area contributed by atoms with Gasteiger partial charge >= 0.3 is 17.7 Å². The van der Waals surface area contributed by atoms with E-state index in [0.29, 0.717) is 30.4 Å². The number of unbranched alkanes of at least 4 members (excludes halogenated alkanes) is 1. The van der Waals surface area contributed by atoms with Crippen molar-refractivity contribution in [3.63, 3.8) is 0 Å². The van der Waals surface area contributed by atoms with Gasteiger partial charge in [0, 0.05) is 45.4 Å². The summed E-state index contributed by atoms with van der Waals surface area (Å²) < 4.78 is 12.2. The molecular formula is C29H44N8O4. The fraction of sp³-hybridized carbons (Fsp3) is 0.586. The zero-order valence-corrected chi connectivity index (χ0v) is 24.5. The normalized spacial score (nSPS) is 14.6. The SMILES string of the molecule is CCCCOc1nc(N)c2[nH]c(=O)n(CCCN(Cc3cccc(CC(=O)OC)c3)C3CCN(CNC)CC3)c2n1. The molecule has 12 heteroatoms. The van der Waals surface area contributed by atoms with Crippen molar-refractivity contribution in [2.24, 2.45) is 0 Å². The van der Waals surface area contributed by atoms with E-state index in [1.165, 1.54) is 7.11 Å². The van der Waals surface area contributed by atoms with Crippen molar-refractivity contribution >= 4 is 23.0 Å². The Morgan fingerprint density at radius 3 is 2.73 bits per heavy atom. The number of esters is 1. The Hall–Kier alpha value is -3.48. The number of rotatable bonds is 15. The molecule has 0 atom stereocenters. The molecule has 12 nitrogen and oxygen atoms in total. The molecule has 0 radical (unpaired) electrons. The summed E-state index contributed by atoms with van der Waals surface area (Å²) >= 11 is 0. The molecule has 224 valence electrons. The summed E-state index contributed by atoms with van der Waals surface area (Å²) in [6.45, 7) is 7.59. The lowest BCUT2D eigenvalue weighted by Crippen LogP contribution is -2.47. The second-order valence-corrected chi connectivity index (χ2v) is 10.6. The van der Waals surface area contributed by atoms with Gasteiger partial charge in [-0.2, -0.15) is 9.97 Å². The third-order valence-corrected chi connectivity index (χ3v) is 7.59. The predicted molar refractivity (Wildman–Crippen MR) is 159 cm³/mol. The Morgan fingerprint density at radius 2 is 2.00 bits per heavy atom. The van der Waals surface area contributed by atoms with E-state index in [1.807, 2.05) is 19.2 Å². The van der Waals surface area contributed by atoms with Gasteiger partial charge in [-0.05, 0) is 43.9 Å². The van der Waals surface area contributed by atoms with Gasteiger partial charge in [0.05, 0.1) is 20.1 Å². The van der Waals surface area contributed by atoms with Crippen LogP contribution in [0.5, 0.6) is 6.01 Å². The minimum absolute atomic E-state index is 0.193. The number of nitrogens with two attached hydrogens (primary N) is 1. The van der Waals surface area contributed by atoms with E-state index >= 15 is 0 Å². The average molecular weight is 569 g/mol. The monoisotopic (exact) mass is 568 g/mol. The Labute approximate surface area is 241 Å². The molecule has 1 aliphatic rings. The molecule has 4 N–H and O–H groups in total. The molecule has 1 aliphatic heterocycles. The van der Waals surface area contributed by atoms with Crippen LogP contribution in [0.4, 0.5) is 5.82 Å². The lowest BCUT2D eigenvalue weighted by Gasteiger charge is -2.38. The number of fused-ring (bicyclic) bond motifs is 1. The summed E-state index contributed by atoms with van der Waals surface area (Å²) in [5, 5.41) is 3.25. The molecule has 1 aromatic carbocycles. The lowest BCUT2D eigenvalue weighted by atomic mass is 10.0. The number of likely N-dealkylation sites (tertiary alicyclic amines) is 1. The highest BCUT2D eigenvalue weighted by molar-refractivity contribution is 5.81. The van der Waals surface area contributed by atoms with Crippen LogP contribution in [0, 0.1) is 0 Å². The van der Waals surface area contributed by atoms with E-state index in [2.05, 4.69) is 49.1 Å². The highest BCUT2D eigenvalue weighted by Gasteiger charge is 2.25. The number of benzene rings is 1. The van der Waals surface area contributed by atoms with Crippen LogP contribution in [0.15, 0.2) is 29.1 Å². The molecule has 3 heterocycles. The number of anilines is 1. The number of carbonyl (C=O) groups is 1. The third-order valence-electron chi connectivity index (χ3n) is 7.59. The number of aromatic amines is 1. The summed E-state index contributed by atoms with van der Waals surface area (Å²) in [6.07, 6.45) is 5.02. The van der Waals surface area contributed by atoms with Crippen molar-refractivity contribution in [2.75, 3.05) is 52.8 Å². The predicted octanol–water partition coefficient (Wildman–Crippen LogP) is 2.13. The molecule has 1 fully saturated rings. The standard InChI is InChI=1S/C29H44N8O4/c1-4-5-16-41-28-33-26(30)25-27(34-28)37(29(39)32-25)13-7-12-36(23-10-14-35(15-11-23)20-31-2)19-22-9-6-8-21(17-22)18-24(38)40-3/h6,8-9,17,23,31H,4-5,7,10-16,18-20H2,1-3H3,(H,32,39)(H2,30,33,34). The number of piperidine rings is 1. The molecule has 4 rings (SSSR count). The van der Waals surface area contributed by atoms with E-state index < -0.39 is 0 Å². The average Bonchev–Trinajstić information content (AvgIpc) is 3.29. The first-order valence-corrected chi connectivity index (χ1v) is 14.6. The molecule has 3 aromatic rings. The molecule has 0 amide bonds. The van der Waals surface area contributed by atoms with Gasteiger partial charge in [-0.25, -0.2) is 4.79 Å². The van der Waals surface area contributed by atoms with Gasteiger partial charge in [-0.3, -0.25) is 19.2 Å². The van der Waals surface area contributed by atoms with Crippen LogP contribution >= 0.6 is 0 Å². The highest BCUT2D eigenvalue weighted by atomic mass is 16.5. The van der Waals surface area contributed by atoms with E-state index in [-0.39, 0.29) is 29.9 Å². The number of hydrogen-bond donors (Lipinski definition) is 3. The van der Waals surface area contributed by atoms with E-state index in [0.717, 1.165) is 76.1 Å². The van der Waals surface area contributed by atoms with Crippen LogP contribution in [0.3, 0.4) is 0 Å². The maximum atomic E-state index is 12.9. The number of aryl methyl sites for hydroxylation is 1. The molecule has 0 saturated carbocycles. The topological polar surface area (TPSA) is 144 Å². The van der Waals surface area contributed by atoms with Gasteiger partial charge in [0.2, 0.25) is 0 Å². The summed E-state index contributed by atoms with van der Waals surface area (Å²) in [7, 11) is 3.39. The lowest BCUT2D eigenvalue weighted by molar-refractivity contribution is -0.139. The molecule has 0 bridgehead atoms. The summed E-state index contributed by atoms with van der Waals surface area (Å²) in [5.41, 5.74) is 8.88.